The highest BCUT2D eigenvalue weighted by atomic mass is 16.5. The SMILES string of the molecule is Cc1cc(OCC(=O)NCC(C)O)no1. The van der Waals surface area contributed by atoms with Gasteiger partial charge in [-0.2, -0.15) is 0 Å². The molecule has 2 N–H and O–H groups in total. The van der Waals surface area contributed by atoms with Crippen LogP contribution in [0.25, 0.3) is 0 Å². The first-order valence-electron chi connectivity index (χ1n) is 4.59. The zero-order valence-corrected chi connectivity index (χ0v) is 8.69. The van der Waals surface area contributed by atoms with Crippen LogP contribution in [0, 0.1) is 6.92 Å². The van der Waals surface area contributed by atoms with E-state index in [1.165, 1.54) is 0 Å². The third-order valence-electron chi connectivity index (χ3n) is 1.55. The Labute approximate surface area is 87.2 Å². The molecular formula is C9H14N2O4. The molecule has 0 aliphatic carbocycles. The van der Waals surface area contributed by atoms with Gasteiger partial charge in [0.2, 0.25) is 0 Å². The Hall–Kier alpha value is -1.56. The number of nitrogens with zero attached hydrogens (tertiary/aromatic N) is 1. The van der Waals surface area contributed by atoms with Gasteiger partial charge in [0.05, 0.1) is 6.10 Å². The van der Waals surface area contributed by atoms with Crippen molar-refractivity contribution >= 4 is 5.91 Å². The fourth-order valence-corrected chi connectivity index (χ4v) is 0.864. The second-order valence-corrected chi connectivity index (χ2v) is 3.22. The Morgan fingerprint density at radius 2 is 2.53 bits per heavy atom. The monoisotopic (exact) mass is 214 g/mol. The molecule has 15 heavy (non-hydrogen) atoms. The number of carbonyl (C=O) groups excluding carboxylic acids is 1. The number of carbonyl (C=O) groups is 1. The van der Waals surface area contributed by atoms with Gasteiger partial charge in [0, 0.05) is 12.6 Å². The number of aryl methyl sites for hydroxylation is 1. The zero-order chi connectivity index (χ0) is 11.3. The lowest BCUT2D eigenvalue weighted by Crippen LogP contribution is -2.34. The molecule has 0 aliphatic heterocycles. The van der Waals surface area contributed by atoms with Crippen molar-refractivity contribution in [2.75, 3.05) is 13.2 Å². The van der Waals surface area contributed by atoms with Crippen LogP contribution in [0.15, 0.2) is 10.6 Å². The molecule has 0 spiro atoms. The van der Waals surface area contributed by atoms with E-state index < -0.39 is 6.10 Å². The highest BCUT2D eigenvalue weighted by molar-refractivity contribution is 5.77. The number of hydrogen-bond acceptors (Lipinski definition) is 5. The summed E-state index contributed by atoms with van der Waals surface area (Å²) in [4.78, 5) is 11.1. The van der Waals surface area contributed by atoms with Gasteiger partial charge in [-0.25, -0.2) is 0 Å². The molecule has 1 aromatic rings. The average Bonchev–Trinajstić information content (AvgIpc) is 2.58. The molecule has 1 amide bonds. The maximum absolute atomic E-state index is 11.1. The van der Waals surface area contributed by atoms with Crippen LogP contribution in [-0.4, -0.2) is 35.4 Å². The summed E-state index contributed by atoms with van der Waals surface area (Å²) in [5.41, 5.74) is 0. The topological polar surface area (TPSA) is 84.6 Å². The van der Waals surface area contributed by atoms with Gasteiger partial charge in [0.1, 0.15) is 5.76 Å². The Morgan fingerprint density at radius 1 is 1.80 bits per heavy atom. The van der Waals surface area contributed by atoms with Gasteiger partial charge in [-0.1, -0.05) is 0 Å². The molecule has 0 aliphatic rings. The Balaban J connectivity index is 2.22. The fraction of sp³-hybridized carbons (Fsp3) is 0.556. The van der Waals surface area contributed by atoms with Crippen LogP contribution in [0.2, 0.25) is 0 Å². The van der Waals surface area contributed by atoms with Gasteiger partial charge in [-0.15, -0.1) is 0 Å². The number of aromatic nitrogens is 1. The standard InChI is InChI=1S/C9H14N2O4/c1-6(12)4-10-8(13)5-14-9-3-7(2)15-11-9/h3,6,12H,4-5H2,1-2H3,(H,10,13). The number of hydrogen-bond donors (Lipinski definition) is 2. The maximum Gasteiger partial charge on any atom is 0.258 e. The third-order valence-corrected chi connectivity index (χ3v) is 1.55. The van der Waals surface area contributed by atoms with Crippen LogP contribution in [0.1, 0.15) is 12.7 Å². The van der Waals surface area contributed by atoms with Gasteiger partial charge in [0.15, 0.2) is 6.61 Å². The quantitative estimate of drug-likeness (QED) is 0.712. The number of nitrogens with one attached hydrogen (secondary N) is 1. The van der Waals surface area contributed by atoms with Crippen molar-refractivity contribution < 1.29 is 19.2 Å². The van der Waals surface area contributed by atoms with Crippen molar-refractivity contribution in [2.24, 2.45) is 0 Å². The second-order valence-electron chi connectivity index (χ2n) is 3.22. The van der Waals surface area contributed by atoms with Gasteiger partial charge in [-0.3, -0.25) is 4.79 Å². The van der Waals surface area contributed by atoms with E-state index in [0.29, 0.717) is 5.76 Å². The molecule has 0 bridgehead atoms. The molecule has 0 fully saturated rings. The molecule has 6 nitrogen and oxygen atoms in total. The minimum atomic E-state index is -0.566. The van der Waals surface area contributed by atoms with E-state index in [4.69, 9.17) is 14.4 Å². The summed E-state index contributed by atoms with van der Waals surface area (Å²) < 4.78 is 9.77. The smallest absolute Gasteiger partial charge is 0.258 e. The summed E-state index contributed by atoms with van der Waals surface area (Å²) in [5, 5.41) is 15.0. The Kier molecular flexibility index (Phi) is 4.11. The van der Waals surface area contributed by atoms with Crippen molar-refractivity contribution in [3.05, 3.63) is 11.8 Å². The van der Waals surface area contributed by atoms with Gasteiger partial charge in [0.25, 0.3) is 11.8 Å². The molecular weight excluding hydrogens is 200 g/mol. The van der Waals surface area contributed by atoms with Crippen molar-refractivity contribution in [2.45, 2.75) is 20.0 Å². The summed E-state index contributed by atoms with van der Waals surface area (Å²) >= 11 is 0. The number of ether oxygens (including phenoxy) is 1. The molecule has 0 radical (unpaired) electrons. The maximum atomic E-state index is 11.1. The predicted molar refractivity (Wildman–Crippen MR) is 51.4 cm³/mol. The van der Waals surface area contributed by atoms with E-state index in [1.54, 1.807) is 19.9 Å². The summed E-state index contributed by atoms with van der Waals surface area (Å²) in [7, 11) is 0. The second kappa shape index (κ2) is 5.35. The van der Waals surface area contributed by atoms with Crippen LogP contribution >= 0.6 is 0 Å². The molecule has 84 valence electrons. The third kappa shape index (κ3) is 4.46. The minimum Gasteiger partial charge on any atom is -0.465 e. The first-order valence-corrected chi connectivity index (χ1v) is 4.59. The largest absolute Gasteiger partial charge is 0.465 e. The van der Waals surface area contributed by atoms with Crippen LogP contribution in [0.4, 0.5) is 0 Å². The molecule has 1 heterocycles. The van der Waals surface area contributed by atoms with Gasteiger partial charge in [-0.05, 0) is 19.0 Å². The molecule has 0 aromatic carbocycles. The average molecular weight is 214 g/mol. The van der Waals surface area contributed by atoms with Gasteiger partial charge < -0.3 is 19.7 Å². The number of rotatable bonds is 5. The van der Waals surface area contributed by atoms with Crippen molar-refractivity contribution in [3.8, 4) is 5.88 Å². The fourth-order valence-electron chi connectivity index (χ4n) is 0.864. The summed E-state index contributed by atoms with van der Waals surface area (Å²) in [5.74, 6) is 0.589. The molecule has 6 heteroatoms. The minimum absolute atomic E-state index is 0.140. The van der Waals surface area contributed by atoms with Crippen molar-refractivity contribution in [1.29, 1.82) is 0 Å². The van der Waals surface area contributed by atoms with Crippen LogP contribution in [-0.2, 0) is 4.79 Å². The zero-order valence-electron chi connectivity index (χ0n) is 8.69. The molecule has 0 saturated carbocycles. The van der Waals surface area contributed by atoms with Crippen LogP contribution in [0.5, 0.6) is 5.88 Å². The van der Waals surface area contributed by atoms with E-state index >= 15 is 0 Å². The molecule has 1 atom stereocenters. The lowest BCUT2D eigenvalue weighted by molar-refractivity contribution is -0.123. The highest BCUT2D eigenvalue weighted by Gasteiger charge is 2.06. The number of aliphatic hydroxyl groups excluding tert-OH is 1. The van der Waals surface area contributed by atoms with E-state index in [1.807, 2.05) is 0 Å². The molecule has 1 aromatic heterocycles. The molecule has 0 saturated heterocycles. The number of aliphatic hydroxyl groups is 1. The Bertz CT molecular complexity index is 322. The van der Waals surface area contributed by atoms with E-state index in [0.717, 1.165) is 0 Å². The highest BCUT2D eigenvalue weighted by Crippen LogP contribution is 2.08. The van der Waals surface area contributed by atoms with Crippen molar-refractivity contribution in [3.63, 3.8) is 0 Å². The first-order chi connectivity index (χ1) is 7.08. The van der Waals surface area contributed by atoms with E-state index in [9.17, 15) is 4.79 Å². The Morgan fingerprint density at radius 3 is 3.07 bits per heavy atom. The van der Waals surface area contributed by atoms with E-state index in [-0.39, 0.29) is 24.9 Å². The summed E-state index contributed by atoms with van der Waals surface area (Å²) in [6, 6.07) is 1.59. The first kappa shape index (κ1) is 11.5. The number of amides is 1. The van der Waals surface area contributed by atoms with Gasteiger partial charge >= 0.3 is 0 Å². The van der Waals surface area contributed by atoms with E-state index in [2.05, 4.69) is 10.5 Å². The van der Waals surface area contributed by atoms with Crippen LogP contribution in [0.3, 0.4) is 0 Å². The lowest BCUT2D eigenvalue weighted by atomic mass is 10.4. The molecule has 1 rings (SSSR count). The summed E-state index contributed by atoms with van der Waals surface area (Å²) in [6.45, 7) is 3.38. The molecule has 1 unspecified atom stereocenters. The summed E-state index contributed by atoms with van der Waals surface area (Å²) in [6.07, 6.45) is -0.566. The van der Waals surface area contributed by atoms with Crippen LogP contribution < -0.4 is 10.1 Å². The predicted octanol–water partition coefficient (Wildman–Crippen LogP) is -0.141. The lowest BCUT2D eigenvalue weighted by Gasteiger charge is -2.06. The van der Waals surface area contributed by atoms with Crippen molar-refractivity contribution in [1.82, 2.24) is 10.5 Å². The normalized spacial score (nSPS) is 12.2.